The Morgan fingerprint density at radius 1 is 1.56 bits per heavy atom. The van der Waals surface area contributed by atoms with Crippen molar-refractivity contribution in [1.29, 1.82) is 0 Å². The van der Waals surface area contributed by atoms with Crippen molar-refractivity contribution in [2.24, 2.45) is 0 Å². The third-order valence-corrected chi connectivity index (χ3v) is 2.08. The third-order valence-electron chi connectivity index (χ3n) is 2.08. The van der Waals surface area contributed by atoms with Crippen LogP contribution >= 0.6 is 0 Å². The van der Waals surface area contributed by atoms with Crippen LogP contribution in [0.4, 0.5) is 5.69 Å². The van der Waals surface area contributed by atoms with E-state index in [4.69, 9.17) is 11.5 Å². The summed E-state index contributed by atoms with van der Waals surface area (Å²) in [5, 5.41) is 8.57. The molecule has 0 aliphatic heterocycles. The number of hydrogen-bond acceptors (Lipinski definition) is 2. The highest BCUT2D eigenvalue weighted by Crippen LogP contribution is 2.20. The molecule has 0 saturated carbocycles. The molecule has 1 N–H and O–H groups in total. The maximum Gasteiger partial charge on any atom is 0.328 e. The van der Waals surface area contributed by atoms with E-state index in [9.17, 15) is 4.79 Å². The van der Waals surface area contributed by atoms with E-state index in [2.05, 4.69) is 5.92 Å². The second-order valence-corrected chi connectivity index (χ2v) is 3.29. The molecule has 1 rings (SSSR count). The van der Waals surface area contributed by atoms with E-state index in [0.29, 0.717) is 6.54 Å². The van der Waals surface area contributed by atoms with Crippen LogP contribution in [0, 0.1) is 12.3 Å². The molecule has 0 unspecified atom stereocenters. The van der Waals surface area contributed by atoms with E-state index in [0.717, 1.165) is 17.3 Å². The molecule has 3 heteroatoms. The van der Waals surface area contributed by atoms with E-state index in [1.807, 2.05) is 36.2 Å². The topological polar surface area (TPSA) is 40.5 Å². The Bertz CT molecular complexity index is 443. The molecule has 82 valence electrons. The zero-order chi connectivity index (χ0) is 12.0. The Hall–Kier alpha value is -2.21. The van der Waals surface area contributed by atoms with Gasteiger partial charge in [0.05, 0.1) is 6.54 Å². The first-order valence-electron chi connectivity index (χ1n) is 4.80. The van der Waals surface area contributed by atoms with Crippen LogP contribution in [0.5, 0.6) is 0 Å². The molecule has 0 saturated heterocycles. The van der Waals surface area contributed by atoms with Crippen LogP contribution in [0.25, 0.3) is 6.08 Å². The minimum absolute atomic E-state index is 0.484. The number of aliphatic carboxylic acids is 1. The van der Waals surface area contributed by atoms with Crippen molar-refractivity contribution in [1.82, 2.24) is 0 Å². The summed E-state index contributed by atoms with van der Waals surface area (Å²) >= 11 is 0. The summed E-state index contributed by atoms with van der Waals surface area (Å²) in [6.45, 7) is 0.484. The summed E-state index contributed by atoms with van der Waals surface area (Å²) in [5.74, 6) is 1.58. The quantitative estimate of drug-likeness (QED) is 0.615. The molecule has 1 aromatic carbocycles. The van der Waals surface area contributed by atoms with E-state index in [1.54, 1.807) is 6.08 Å². The number of rotatable bonds is 4. The molecule has 0 heterocycles. The number of carbonyl (C=O) groups is 1. The Morgan fingerprint density at radius 3 is 2.88 bits per heavy atom. The van der Waals surface area contributed by atoms with Gasteiger partial charge in [-0.1, -0.05) is 24.1 Å². The lowest BCUT2D eigenvalue weighted by Crippen LogP contribution is -2.17. The van der Waals surface area contributed by atoms with Gasteiger partial charge in [0.15, 0.2) is 0 Å². The summed E-state index contributed by atoms with van der Waals surface area (Å²) in [5.41, 5.74) is 1.75. The van der Waals surface area contributed by atoms with Gasteiger partial charge in [-0.3, -0.25) is 0 Å². The summed E-state index contributed by atoms with van der Waals surface area (Å²) in [6, 6.07) is 7.50. The zero-order valence-electron chi connectivity index (χ0n) is 9.05. The van der Waals surface area contributed by atoms with Crippen molar-refractivity contribution in [2.75, 3.05) is 18.5 Å². The molecule has 0 aromatic heterocycles. The van der Waals surface area contributed by atoms with Gasteiger partial charge < -0.3 is 10.0 Å². The van der Waals surface area contributed by atoms with E-state index >= 15 is 0 Å². The van der Waals surface area contributed by atoms with E-state index in [1.165, 1.54) is 0 Å². The minimum atomic E-state index is -0.964. The molecule has 3 nitrogen and oxygen atoms in total. The van der Waals surface area contributed by atoms with Gasteiger partial charge in [0, 0.05) is 18.8 Å². The molecule has 0 aliphatic rings. The average Bonchev–Trinajstić information content (AvgIpc) is 2.27. The first kappa shape index (κ1) is 11.9. The predicted octanol–water partition coefficient (Wildman–Crippen LogP) is 1.85. The van der Waals surface area contributed by atoms with Crippen LogP contribution in [0.1, 0.15) is 5.56 Å². The first-order chi connectivity index (χ1) is 7.65. The van der Waals surface area contributed by atoms with Gasteiger partial charge in [-0.2, -0.15) is 0 Å². The molecule has 0 amide bonds. The Morgan fingerprint density at radius 2 is 2.25 bits per heavy atom. The van der Waals surface area contributed by atoms with Gasteiger partial charge in [-0.05, 0) is 17.7 Å². The molecule has 0 fully saturated rings. The van der Waals surface area contributed by atoms with Crippen LogP contribution in [0.3, 0.4) is 0 Å². The van der Waals surface area contributed by atoms with Gasteiger partial charge in [0.1, 0.15) is 0 Å². The molecule has 0 radical (unpaired) electrons. The van der Waals surface area contributed by atoms with Crippen molar-refractivity contribution in [3.05, 3.63) is 35.9 Å². The molecular weight excluding hydrogens is 202 g/mol. The van der Waals surface area contributed by atoms with Gasteiger partial charge in [0.25, 0.3) is 0 Å². The van der Waals surface area contributed by atoms with Crippen molar-refractivity contribution >= 4 is 17.7 Å². The van der Waals surface area contributed by atoms with Gasteiger partial charge in [0.2, 0.25) is 0 Å². The lowest BCUT2D eigenvalue weighted by molar-refractivity contribution is -0.131. The monoisotopic (exact) mass is 215 g/mol. The predicted molar refractivity (Wildman–Crippen MR) is 65.2 cm³/mol. The fourth-order valence-electron chi connectivity index (χ4n) is 1.36. The van der Waals surface area contributed by atoms with Crippen molar-refractivity contribution in [3.63, 3.8) is 0 Å². The number of benzene rings is 1. The minimum Gasteiger partial charge on any atom is -0.478 e. The highest BCUT2D eigenvalue weighted by atomic mass is 16.4. The van der Waals surface area contributed by atoms with Crippen molar-refractivity contribution in [3.8, 4) is 12.3 Å². The number of carboxylic acids is 1. The summed E-state index contributed by atoms with van der Waals surface area (Å²) < 4.78 is 0. The normalized spacial score (nSPS) is 10.0. The van der Waals surface area contributed by atoms with Gasteiger partial charge in [-0.25, -0.2) is 4.79 Å². The molecule has 1 aromatic rings. The second-order valence-electron chi connectivity index (χ2n) is 3.29. The van der Waals surface area contributed by atoms with Crippen LogP contribution in [-0.4, -0.2) is 24.7 Å². The SMILES string of the molecule is C#CCN(C)c1ccccc1/C=C/C(=O)O. The smallest absolute Gasteiger partial charge is 0.328 e. The second kappa shape index (κ2) is 5.62. The Kier molecular flexibility index (Phi) is 4.16. The molecular formula is C13H13NO2. The van der Waals surface area contributed by atoms with Crippen LogP contribution in [-0.2, 0) is 4.79 Å². The van der Waals surface area contributed by atoms with E-state index < -0.39 is 5.97 Å². The number of nitrogens with zero attached hydrogens (tertiary/aromatic N) is 1. The standard InChI is InChI=1S/C13H13NO2/c1-3-10-14(2)12-7-5-4-6-11(12)8-9-13(15)16/h1,4-9H,10H2,2H3,(H,15,16)/b9-8+. The maximum atomic E-state index is 10.4. The highest BCUT2D eigenvalue weighted by Gasteiger charge is 2.03. The summed E-state index contributed by atoms with van der Waals surface area (Å²) in [7, 11) is 1.87. The Labute approximate surface area is 95.0 Å². The number of terminal acetylenes is 1. The number of anilines is 1. The van der Waals surface area contributed by atoms with Crippen LogP contribution in [0.2, 0.25) is 0 Å². The summed E-state index contributed by atoms with van der Waals surface area (Å²) in [4.78, 5) is 12.3. The number of hydrogen-bond donors (Lipinski definition) is 1. The molecule has 0 spiro atoms. The maximum absolute atomic E-state index is 10.4. The number of para-hydroxylation sites is 1. The average molecular weight is 215 g/mol. The van der Waals surface area contributed by atoms with Gasteiger partial charge >= 0.3 is 5.97 Å². The fourth-order valence-corrected chi connectivity index (χ4v) is 1.36. The van der Waals surface area contributed by atoms with E-state index in [-0.39, 0.29) is 0 Å². The zero-order valence-corrected chi connectivity index (χ0v) is 9.05. The first-order valence-corrected chi connectivity index (χ1v) is 4.80. The summed E-state index contributed by atoms with van der Waals surface area (Å²) in [6.07, 6.45) is 7.91. The van der Waals surface area contributed by atoms with Crippen molar-refractivity contribution in [2.45, 2.75) is 0 Å². The largest absolute Gasteiger partial charge is 0.478 e. The Balaban J connectivity index is 3.01. The molecule has 0 aliphatic carbocycles. The van der Waals surface area contributed by atoms with Crippen molar-refractivity contribution < 1.29 is 9.90 Å². The molecule has 16 heavy (non-hydrogen) atoms. The van der Waals surface area contributed by atoms with Crippen LogP contribution in [0.15, 0.2) is 30.3 Å². The lowest BCUT2D eigenvalue weighted by Gasteiger charge is -2.18. The molecule has 0 bridgehead atoms. The van der Waals surface area contributed by atoms with Gasteiger partial charge in [-0.15, -0.1) is 6.42 Å². The van der Waals surface area contributed by atoms with Crippen LogP contribution < -0.4 is 4.90 Å². The molecule has 0 atom stereocenters. The number of carboxylic acid groups (broad SMARTS) is 1. The fraction of sp³-hybridized carbons (Fsp3) is 0.154. The third kappa shape index (κ3) is 3.18. The lowest BCUT2D eigenvalue weighted by atomic mass is 10.1. The highest BCUT2D eigenvalue weighted by molar-refractivity contribution is 5.87.